The van der Waals surface area contributed by atoms with E-state index in [1.54, 1.807) is 0 Å². The summed E-state index contributed by atoms with van der Waals surface area (Å²) in [6, 6.07) is 7.56. The molecule has 2 heterocycles. The Morgan fingerprint density at radius 3 is 2.89 bits per heavy atom. The van der Waals surface area contributed by atoms with Crippen LogP contribution in [0, 0.1) is 0 Å². The molecule has 7 nitrogen and oxygen atoms in total. The molecule has 1 aromatic heterocycles. The van der Waals surface area contributed by atoms with Crippen LogP contribution in [-0.4, -0.2) is 52.2 Å². The van der Waals surface area contributed by atoms with Crippen molar-refractivity contribution in [1.82, 2.24) is 15.1 Å². The van der Waals surface area contributed by atoms with Crippen molar-refractivity contribution in [2.24, 2.45) is 0 Å². The highest BCUT2D eigenvalue weighted by Crippen LogP contribution is 2.27. The summed E-state index contributed by atoms with van der Waals surface area (Å²) in [4.78, 5) is 25.2. The number of hydrogen-bond donors (Lipinski definition) is 2. The molecular formula is C26H36F2N4O3S. The fraction of sp³-hybridized carbons (Fsp3) is 0.577. The minimum Gasteiger partial charge on any atom is -0.494 e. The third-order valence-corrected chi connectivity index (χ3v) is 6.58. The summed E-state index contributed by atoms with van der Waals surface area (Å²) in [5, 5.41) is 10.4. The molecule has 0 spiro atoms. The zero-order valence-electron chi connectivity index (χ0n) is 21.2. The summed E-state index contributed by atoms with van der Waals surface area (Å²) in [5.41, 5.74) is 2.38. The standard InChI is InChI=1S/C26H36F2N4O3S/c1-4-5-13-32-21-16-19(29-25(34)23(21)24(31-32)30-22(33)17-36-3)11-10-18-8-6-9-20(15-18)35-14-7-12-26(2,27)28/h6,8-9,15,19H,4-5,7,10-14,16-17H2,1-3H3,(H,29,34)(H,30,31,33). The molecule has 0 aliphatic carbocycles. The number of fused-ring (bicyclic) bond motifs is 1. The number of aryl methyl sites for hydroxylation is 2. The topological polar surface area (TPSA) is 85.2 Å². The number of ether oxygens (including phenoxy) is 1. The minimum absolute atomic E-state index is 0.0619. The SMILES string of the molecule is CCCCn1nc(NC(=O)CSC)c2c1CC(CCc1cccc(OCCCC(C)(F)F)c1)NC2=O. The molecule has 0 saturated heterocycles. The molecule has 0 radical (unpaired) electrons. The van der Waals surface area contributed by atoms with E-state index in [9.17, 15) is 18.4 Å². The summed E-state index contributed by atoms with van der Waals surface area (Å²) in [7, 11) is 0. The third-order valence-electron chi connectivity index (χ3n) is 6.03. The van der Waals surface area contributed by atoms with Gasteiger partial charge in [-0.25, -0.2) is 8.78 Å². The molecular weight excluding hydrogens is 486 g/mol. The van der Waals surface area contributed by atoms with E-state index < -0.39 is 5.92 Å². The minimum atomic E-state index is -2.68. The van der Waals surface area contributed by atoms with E-state index in [1.165, 1.54) is 11.8 Å². The number of amides is 2. The van der Waals surface area contributed by atoms with Gasteiger partial charge in [-0.3, -0.25) is 14.3 Å². The van der Waals surface area contributed by atoms with E-state index in [0.717, 1.165) is 43.9 Å². The first-order chi connectivity index (χ1) is 17.2. The van der Waals surface area contributed by atoms with E-state index in [2.05, 4.69) is 22.7 Å². The van der Waals surface area contributed by atoms with Crippen molar-refractivity contribution >= 4 is 29.4 Å². The Kier molecular flexibility index (Phi) is 10.2. The van der Waals surface area contributed by atoms with Gasteiger partial charge in [-0.15, -0.1) is 0 Å². The molecule has 0 bridgehead atoms. The summed E-state index contributed by atoms with van der Waals surface area (Å²) in [6.07, 6.45) is 5.95. The highest BCUT2D eigenvalue weighted by Gasteiger charge is 2.32. The maximum atomic E-state index is 13.0. The average Bonchev–Trinajstić information content (AvgIpc) is 3.16. The molecule has 36 heavy (non-hydrogen) atoms. The molecule has 1 aliphatic rings. The van der Waals surface area contributed by atoms with Crippen molar-refractivity contribution < 1.29 is 23.1 Å². The number of nitrogens with one attached hydrogen (secondary N) is 2. The Balaban J connectivity index is 1.63. The van der Waals surface area contributed by atoms with Crippen LogP contribution >= 0.6 is 11.8 Å². The smallest absolute Gasteiger partial charge is 0.257 e. The lowest BCUT2D eigenvalue weighted by molar-refractivity contribution is -0.113. The number of unbranched alkanes of at least 4 members (excludes halogenated alkanes) is 1. The Labute approximate surface area is 215 Å². The number of rotatable bonds is 14. The van der Waals surface area contributed by atoms with Gasteiger partial charge in [0.1, 0.15) is 11.3 Å². The number of halogens is 2. The number of thioether (sulfide) groups is 1. The van der Waals surface area contributed by atoms with Crippen molar-refractivity contribution in [1.29, 1.82) is 0 Å². The highest BCUT2D eigenvalue weighted by molar-refractivity contribution is 7.99. The lowest BCUT2D eigenvalue weighted by atomic mass is 9.96. The van der Waals surface area contributed by atoms with E-state index in [0.29, 0.717) is 35.8 Å². The van der Waals surface area contributed by atoms with Gasteiger partial charge in [-0.05, 0) is 56.6 Å². The van der Waals surface area contributed by atoms with Crippen molar-refractivity contribution in [2.45, 2.75) is 77.3 Å². The van der Waals surface area contributed by atoms with Crippen molar-refractivity contribution in [3.63, 3.8) is 0 Å². The molecule has 3 rings (SSSR count). The van der Waals surface area contributed by atoms with Crippen LogP contribution in [0.3, 0.4) is 0 Å². The van der Waals surface area contributed by atoms with Crippen molar-refractivity contribution in [3.8, 4) is 5.75 Å². The molecule has 198 valence electrons. The molecule has 2 aromatic rings. The van der Waals surface area contributed by atoms with E-state index in [-0.39, 0.29) is 37.3 Å². The number of benzene rings is 1. The molecule has 1 atom stereocenters. The number of carbonyl (C=O) groups excluding carboxylic acids is 2. The highest BCUT2D eigenvalue weighted by atomic mass is 32.2. The Hall–Kier alpha value is -2.62. The Morgan fingerprint density at radius 2 is 2.17 bits per heavy atom. The first-order valence-corrected chi connectivity index (χ1v) is 13.9. The second-order valence-electron chi connectivity index (χ2n) is 9.31. The quantitative estimate of drug-likeness (QED) is 0.338. The van der Waals surface area contributed by atoms with Crippen LogP contribution in [0.5, 0.6) is 5.75 Å². The molecule has 1 aliphatic heterocycles. The Morgan fingerprint density at radius 1 is 1.36 bits per heavy atom. The van der Waals surface area contributed by atoms with Crippen LogP contribution in [0.25, 0.3) is 0 Å². The van der Waals surface area contributed by atoms with Gasteiger partial charge in [0.15, 0.2) is 5.82 Å². The predicted octanol–water partition coefficient (Wildman–Crippen LogP) is 5.09. The number of anilines is 1. The summed E-state index contributed by atoms with van der Waals surface area (Å²) in [6.45, 7) is 3.95. The average molecular weight is 523 g/mol. The predicted molar refractivity (Wildman–Crippen MR) is 139 cm³/mol. The second-order valence-corrected chi connectivity index (χ2v) is 10.2. The van der Waals surface area contributed by atoms with Gasteiger partial charge >= 0.3 is 0 Å². The van der Waals surface area contributed by atoms with Crippen LogP contribution in [0.2, 0.25) is 0 Å². The van der Waals surface area contributed by atoms with Gasteiger partial charge in [-0.1, -0.05) is 25.5 Å². The maximum Gasteiger partial charge on any atom is 0.257 e. The van der Waals surface area contributed by atoms with Crippen LogP contribution < -0.4 is 15.4 Å². The van der Waals surface area contributed by atoms with E-state index >= 15 is 0 Å². The van der Waals surface area contributed by atoms with Crippen LogP contribution in [0.4, 0.5) is 14.6 Å². The van der Waals surface area contributed by atoms with E-state index in [4.69, 9.17) is 4.74 Å². The first kappa shape index (κ1) is 28.0. The third kappa shape index (κ3) is 8.21. The molecule has 1 unspecified atom stereocenters. The lowest BCUT2D eigenvalue weighted by Crippen LogP contribution is -2.42. The van der Waals surface area contributed by atoms with Gasteiger partial charge in [-0.2, -0.15) is 16.9 Å². The number of alkyl halides is 2. The van der Waals surface area contributed by atoms with Crippen LogP contribution in [-0.2, 0) is 24.2 Å². The van der Waals surface area contributed by atoms with Gasteiger partial charge in [0.05, 0.1) is 18.1 Å². The molecule has 0 saturated carbocycles. The Bertz CT molecular complexity index is 1040. The summed E-state index contributed by atoms with van der Waals surface area (Å²) >= 11 is 1.41. The van der Waals surface area contributed by atoms with Gasteiger partial charge < -0.3 is 15.4 Å². The largest absolute Gasteiger partial charge is 0.494 e. The zero-order valence-corrected chi connectivity index (χ0v) is 22.1. The molecule has 10 heteroatoms. The molecule has 0 fully saturated rings. The van der Waals surface area contributed by atoms with Gasteiger partial charge in [0.2, 0.25) is 11.8 Å². The normalized spacial score (nSPS) is 15.4. The number of nitrogens with zero attached hydrogens (tertiary/aromatic N) is 2. The number of carbonyl (C=O) groups is 2. The molecule has 1 aromatic carbocycles. The van der Waals surface area contributed by atoms with Crippen molar-refractivity contribution in [3.05, 3.63) is 41.1 Å². The molecule has 2 N–H and O–H groups in total. The van der Waals surface area contributed by atoms with Gasteiger partial charge in [0.25, 0.3) is 5.91 Å². The zero-order chi connectivity index (χ0) is 26.1. The first-order valence-electron chi connectivity index (χ1n) is 12.5. The van der Waals surface area contributed by atoms with Gasteiger partial charge in [0, 0.05) is 25.4 Å². The number of aromatic nitrogens is 2. The fourth-order valence-corrected chi connectivity index (χ4v) is 4.58. The summed E-state index contributed by atoms with van der Waals surface area (Å²) in [5.74, 6) is -1.78. The second kappa shape index (κ2) is 13.1. The number of hydrogen-bond acceptors (Lipinski definition) is 5. The maximum absolute atomic E-state index is 13.0. The summed E-state index contributed by atoms with van der Waals surface area (Å²) < 4.78 is 33.5. The van der Waals surface area contributed by atoms with Crippen LogP contribution in [0.15, 0.2) is 24.3 Å². The van der Waals surface area contributed by atoms with Crippen LogP contribution in [0.1, 0.15) is 67.6 Å². The van der Waals surface area contributed by atoms with E-state index in [1.807, 2.05) is 35.2 Å². The lowest BCUT2D eigenvalue weighted by Gasteiger charge is -2.25. The molecule has 2 amide bonds. The monoisotopic (exact) mass is 522 g/mol. The van der Waals surface area contributed by atoms with Crippen molar-refractivity contribution in [2.75, 3.05) is 23.9 Å². The fourth-order valence-electron chi connectivity index (χ4n) is 4.24.